The van der Waals surface area contributed by atoms with Gasteiger partial charge in [-0.15, -0.1) is 0 Å². The normalized spacial score (nSPS) is 54.9. The third-order valence-corrected chi connectivity index (χ3v) is 12.1. The first-order valence-corrected chi connectivity index (χ1v) is 12.6. The number of cyclic esters (lactones) is 1. The molecule has 3 nitrogen and oxygen atoms in total. The average Bonchev–Trinajstić information content (AvgIpc) is 3.20. The third-order valence-electron chi connectivity index (χ3n) is 12.1. The van der Waals surface area contributed by atoms with Crippen LogP contribution in [0.25, 0.3) is 0 Å². The Kier molecular flexibility index (Phi) is 4.29. The fourth-order valence-corrected chi connectivity index (χ4v) is 10.2. The minimum absolute atomic E-state index is 0.00752. The van der Waals surface area contributed by atoms with Crippen LogP contribution in [0.2, 0.25) is 0 Å². The summed E-state index contributed by atoms with van der Waals surface area (Å²) in [6, 6.07) is 0. The average molecular weight is 415 g/mol. The maximum atomic E-state index is 12.8. The highest BCUT2D eigenvalue weighted by atomic mass is 16.6. The number of Topliss-reactive ketones (excluding diaryl/α,β-unsaturated/α-hetero) is 1. The van der Waals surface area contributed by atoms with Crippen LogP contribution in [-0.4, -0.2) is 17.4 Å². The van der Waals surface area contributed by atoms with Gasteiger partial charge in [0.2, 0.25) is 0 Å². The Morgan fingerprint density at radius 3 is 2.07 bits per heavy atom. The summed E-state index contributed by atoms with van der Waals surface area (Å²) in [6.45, 7) is 14.4. The molecule has 0 aromatic heterocycles. The Balaban J connectivity index is 1.50. The van der Waals surface area contributed by atoms with Crippen molar-refractivity contribution in [3.63, 3.8) is 0 Å². The molecule has 4 saturated carbocycles. The number of hydrogen-bond acceptors (Lipinski definition) is 3. The standard InChI is InChI=1S/C27H42O3/c1-23(2)19-10-15-26(5)20(24(19,3)13-11-21(23)28)8-7-17-18(9-14-25(17,26)4)27(6)16-12-22(29)30-27/h17-20H,7-16H2,1-6H3/t17-,18+,19+,20-,24+,25-,26-,27-/m1/s1. The fourth-order valence-electron chi connectivity index (χ4n) is 10.2. The molecule has 30 heavy (non-hydrogen) atoms. The lowest BCUT2D eigenvalue weighted by Crippen LogP contribution is -2.63. The first-order valence-electron chi connectivity index (χ1n) is 12.6. The largest absolute Gasteiger partial charge is 0.459 e. The number of ketones is 1. The molecule has 5 aliphatic rings. The second kappa shape index (κ2) is 6.13. The zero-order valence-corrected chi connectivity index (χ0v) is 20.1. The highest BCUT2D eigenvalue weighted by Crippen LogP contribution is 2.75. The molecule has 1 heterocycles. The molecule has 168 valence electrons. The molecule has 0 amide bonds. The minimum atomic E-state index is -0.247. The van der Waals surface area contributed by atoms with E-state index < -0.39 is 0 Å². The molecule has 0 unspecified atom stereocenters. The maximum Gasteiger partial charge on any atom is 0.306 e. The molecule has 5 fully saturated rings. The van der Waals surface area contributed by atoms with Gasteiger partial charge in [-0.1, -0.05) is 34.6 Å². The zero-order valence-electron chi connectivity index (χ0n) is 20.1. The summed E-state index contributed by atoms with van der Waals surface area (Å²) in [5, 5.41) is 0. The predicted molar refractivity (Wildman–Crippen MR) is 118 cm³/mol. The molecule has 5 rings (SSSR count). The van der Waals surface area contributed by atoms with Gasteiger partial charge < -0.3 is 4.74 Å². The Morgan fingerprint density at radius 1 is 0.700 bits per heavy atom. The van der Waals surface area contributed by atoms with Crippen LogP contribution in [0.3, 0.4) is 0 Å². The van der Waals surface area contributed by atoms with Gasteiger partial charge in [-0.2, -0.15) is 0 Å². The molecule has 0 N–H and O–H groups in total. The van der Waals surface area contributed by atoms with Crippen LogP contribution in [-0.2, 0) is 14.3 Å². The number of rotatable bonds is 1. The predicted octanol–water partition coefficient (Wildman–Crippen LogP) is 6.34. The van der Waals surface area contributed by atoms with Crippen molar-refractivity contribution in [3.8, 4) is 0 Å². The molecule has 0 spiro atoms. The molecular weight excluding hydrogens is 372 g/mol. The second-order valence-corrected chi connectivity index (χ2v) is 13.2. The van der Waals surface area contributed by atoms with Gasteiger partial charge in [0.25, 0.3) is 0 Å². The van der Waals surface area contributed by atoms with Gasteiger partial charge >= 0.3 is 5.97 Å². The van der Waals surface area contributed by atoms with Crippen molar-refractivity contribution in [2.45, 2.75) is 111 Å². The summed E-state index contributed by atoms with van der Waals surface area (Å²) in [6.07, 6.45) is 10.8. The van der Waals surface area contributed by atoms with E-state index >= 15 is 0 Å². The Bertz CT molecular complexity index is 785. The topological polar surface area (TPSA) is 43.4 Å². The van der Waals surface area contributed by atoms with E-state index in [0.717, 1.165) is 19.3 Å². The van der Waals surface area contributed by atoms with Crippen molar-refractivity contribution in [2.24, 2.45) is 45.3 Å². The highest BCUT2D eigenvalue weighted by Gasteiger charge is 2.70. The van der Waals surface area contributed by atoms with Crippen molar-refractivity contribution in [3.05, 3.63) is 0 Å². The van der Waals surface area contributed by atoms with Crippen molar-refractivity contribution < 1.29 is 14.3 Å². The summed E-state index contributed by atoms with van der Waals surface area (Å²) in [5.41, 5.74) is 0.503. The van der Waals surface area contributed by atoms with Crippen molar-refractivity contribution in [2.75, 3.05) is 0 Å². The zero-order chi connectivity index (χ0) is 21.7. The van der Waals surface area contributed by atoms with Gasteiger partial charge in [-0.05, 0) is 92.3 Å². The molecule has 0 aromatic rings. The lowest BCUT2D eigenvalue weighted by Gasteiger charge is -2.69. The van der Waals surface area contributed by atoms with Gasteiger partial charge in [0.15, 0.2) is 0 Å². The molecular formula is C27H42O3. The quantitative estimate of drug-likeness (QED) is 0.470. The minimum Gasteiger partial charge on any atom is -0.459 e. The van der Waals surface area contributed by atoms with Crippen LogP contribution in [0.15, 0.2) is 0 Å². The van der Waals surface area contributed by atoms with Gasteiger partial charge in [0.1, 0.15) is 11.4 Å². The third kappa shape index (κ3) is 2.39. The Hall–Kier alpha value is -0.860. The van der Waals surface area contributed by atoms with Crippen LogP contribution in [0.4, 0.5) is 0 Å². The van der Waals surface area contributed by atoms with Crippen LogP contribution in [0, 0.1) is 45.3 Å². The first-order chi connectivity index (χ1) is 13.9. The molecule has 0 aromatic carbocycles. The molecule has 4 aliphatic carbocycles. The van der Waals surface area contributed by atoms with E-state index in [1.165, 1.54) is 38.5 Å². The van der Waals surface area contributed by atoms with E-state index in [-0.39, 0.29) is 22.4 Å². The van der Waals surface area contributed by atoms with E-state index in [2.05, 4.69) is 41.5 Å². The molecule has 0 bridgehead atoms. The van der Waals surface area contributed by atoms with Crippen LogP contribution in [0.5, 0.6) is 0 Å². The first kappa shape index (κ1) is 21.0. The molecule has 1 saturated heterocycles. The van der Waals surface area contributed by atoms with Gasteiger partial charge in [-0.25, -0.2) is 0 Å². The number of fused-ring (bicyclic) bond motifs is 5. The van der Waals surface area contributed by atoms with Gasteiger partial charge in [0, 0.05) is 24.2 Å². The smallest absolute Gasteiger partial charge is 0.306 e. The number of carbonyl (C=O) groups is 2. The summed E-state index contributed by atoms with van der Waals surface area (Å²) in [5.74, 6) is 2.90. The van der Waals surface area contributed by atoms with E-state index in [4.69, 9.17) is 4.74 Å². The number of esters is 1. The lowest BCUT2D eigenvalue weighted by atomic mass is 9.35. The highest BCUT2D eigenvalue weighted by molar-refractivity contribution is 5.85. The molecule has 1 aliphatic heterocycles. The number of ether oxygens (including phenoxy) is 1. The van der Waals surface area contributed by atoms with Crippen LogP contribution < -0.4 is 0 Å². The van der Waals surface area contributed by atoms with Gasteiger partial charge in [-0.3, -0.25) is 9.59 Å². The van der Waals surface area contributed by atoms with E-state index in [1.54, 1.807) is 0 Å². The number of hydrogen-bond donors (Lipinski definition) is 0. The summed E-state index contributed by atoms with van der Waals surface area (Å²) < 4.78 is 5.96. The van der Waals surface area contributed by atoms with Crippen molar-refractivity contribution >= 4 is 11.8 Å². The van der Waals surface area contributed by atoms with Gasteiger partial charge in [0.05, 0.1) is 0 Å². The lowest BCUT2D eigenvalue weighted by molar-refractivity contribution is -0.207. The fraction of sp³-hybridized carbons (Fsp3) is 0.926. The van der Waals surface area contributed by atoms with Crippen LogP contribution >= 0.6 is 0 Å². The molecule has 3 heteroatoms. The molecule has 0 radical (unpaired) electrons. The summed E-state index contributed by atoms with van der Waals surface area (Å²) >= 11 is 0. The Labute approximate surface area is 183 Å². The SMILES string of the molecule is CC1(C)C(=O)CC[C@]2(C)[C@H]3CC[C@@H]4[C@@H]([C@@]5(C)CCC(=O)O5)CC[C@@]4(C)[C@]3(C)CC[C@@H]12. The van der Waals surface area contributed by atoms with E-state index in [0.29, 0.717) is 46.7 Å². The van der Waals surface area contributed by atoms with Crippen molar-refractivity contribution in [1.29, 1.82) is 0 Å². The summed E-state index contributed by atoms with van der Waals surface area (Å²) in [7, 11) is 0. The van der Waals surface area contributed by atoms with E-state index in [1.807, 2.05) is 0 Å². The number of carbonyl (C=O) groups excluding carboxylic acids is 2. The van der Waals surface area contributed by atoms with Crippen molar-refractivity contribution in [1.82, 2.24) is 0 Å². The van der Waals surface area contributed by atoms with E-state index in [9.17, 15) is 9.59 Å². The monoisotopic (exact) mass is 414 g/mol. The summed E-state index contributed by atoms with van der Waals surface area (Å²) in [4.78, 5) is 24.8. The molecule has 8 atom stereocenters. The maximum absolute atomic E-state index is 12.8. The second-order valence-electron chi connectivity index (χ2n) is 13.2. The van der Waals surface area contributed by atoms with Crippen LogP contribution in [0.1, 0.15) is 106 Å². The Morgan fingerprint density at radius 2 is 1.40 bits per heavy atom.